The molecule has 1 aliphatic rings. The highest BCUT2D eigenvalue weighted by Crippen LogP contribution is 2.35. The van der Waals surface area contributed by atoms with Gasteiger partial charge in [0.05, 0.1) is 33.8 Å². The first-order valence-corrected chi connectivity index (χ1v) is 13.1. The summed E-state index contributed by atoms with van der Waals surface area (Å²) in [6.07, 6.45) is 7.08. The highest BCUT2D eigenvalue weighted by molar-refractivity contribution is 9.10. The summed E-state index contributed by atoms with van der Waals surface area (Å²) in [6, 6.07) is 9.05. The molecule has 0 aliphatic heterocycles. The summed E-state index contributed by atoms with van der Waals surface area (Å²) in [5, 5.41) is 5.90. The van der Waals surface area contributed by atoms with Crippen molar-refractivity contribution >= 4 is 56.2 Å². The highest BCUT2D eigenvalue weighted by Gasteiger charge is 2.22. The van der Waals surface area contributed by atoms with Crippen molar-refractivity contribution < 1.29 is 4.74 Å². The Morgan fingerprint density at radius 1 is 1.15 bits per heavy atom. The van der Waals surface area contributed by atoms with Crippen molar-refractivity contribution in [3.05, 3.63) is 66.6 Å². The van der Waals surface area contributed by atoms with Crippen LogP contribution in [0.4, 0.5) is 0 Å². The lowest BCUT2D eigenvalue weighted by Gasteiger charge is -2.22. The average Bonchev–Trinajstić information content (AvgIpc) is 2.78. The molecular weight excluding hydrogens is 537 g/mol. The average molecular weight is 565 g/mol. The first-order valence-electron chi connectivity index (χ1n) is 11.5. The van der Waals surface area contributed by atoms with Crippen LogP contribution in [0.25, 0.3) is 10.9 Å². The number of benzene rings is 2. The van der Waals surface area contributed by atoms with Crippen LogP contribution in [-0.4, -0.2) is 22.5 Å². The molecule has 0 spiro atoms. The van der Waals surface area contributed by atoms with E-state index in [0.717, 1.165) is 30.2 Å². The molecular formula is C26H28BrCl2N3O2. The Morgan fingerprint density at radius 2 is 1.82 bits per heavy atom. The Morgan fingerprint density at radius 3 is 2.47 bits per heavy atom. The number of ether oxygens (including phenoxy) is 1. The van der Waals surface area contributed by atoms with Crippen molar-refractivity contribution in [2.24, 2.45) is 10.5 Å². The molecule has 3 aromatic rings. The van der Waals surface area contributed by atoms with E-state index >= 15 is 0 Å². The van der Waals surface area contributed by atoms with Gasteiger partial charge in [0.15, 0.2) is 5.75 Å². The summed E-state index contributed by atoms with van der Waals surface area (Å²) in [7, 11) is 0. The Kier molecular flexibility index (Phi) is 7.70. The smallest absolute Gasteiger partial charge is 0.282 e. The molecule has 0 amide bonds. The van der Waals surface area contributed by atoms with E-state index in [1.807, 2.05) is 12.1 Å². The van der Waals surface area contributed by atoms with E-state index in [-0.39, 0.29) is 16.9 Å². The first-order chi connectivity index (χ1) is 16.1. The number of aromatic nitrogens is 2. The number of hydrogen-bond acceptors (Lipinski definition) is 4. The minimum atomic E-state index is -0.189. The van der Waals surface area contributed by atoms with Crippen LogP contribution in [0.5, 0.6) is 5.75 Å². The summed E-state index contributed by atoms with van der Waals surface area (Å²) >= 11 is 16.4. The van der Waals surface area contributed by atoms with Gasteiger partial charge in [-0.05, 0) is 54.2 Å². The third-order valence-corrected chi connectivity index (χ3v) is 6.85. The summed E-state index contributed by atoms with van der Waals surface area (Å²) < 4.78 is 8.11. The number of fused-ring (bicyclic) bond motifs is 1. The highest BCUT2D eigenvalue weighted by atomic mass is 79.9. The van der Waals surface area contributed by atoms with Crippen molar-refractivity contribution in [2.75, 3.05) is 6.61 Å². The van der Waals surface area contributed by atoms with Crippen LogP contribution in [-0.2, 0) is 0 Å². The maximum absolute atomic E-state index is 13.4. The van der Waals surface area contributed by atoms with Crippen LogP contribution < -0.4 is 10.3 Å². The zero-order chi connectivity index (χ0) is 24.5. The van der Waals surface area contributed by atoms with Crippen molar-refractivity contribution in [3.8, 4) is 5.75 Å². The lowest BCUT2D eigenvalue weighted by Crippen LogP contribution is -2.25. The predicted octanol–water partition coefficient (Wildman–Crippen LogP) is 7.82. The lowest BCUT2D eigenvalue weighted by molar-refractivity contribution is 0.198. The number of hydrogen-bond donors (Lipinski definition) is 0. The summed E-state index contributed by atoms with van der Waals surface area (Å²) in [4.78, 5) is 18.3. The number of halogens is 3. The summed E-state index contributed by atoms with van der Waals surface area (Å²) in [6.45, 7) is 6.72. The van der Waals surface area contributed by atoms with Gasteiger partial charge in [-0.1, -0.05) is 79.2 Å². The van der Waals surface area contributed by atoms with E-state index in [9.17, 15) is 4.79 Å². The van der Waals surface area contributed by atoms with Crippen LogP contribution >= 0.6 is 39.1 Å². The van der Waals surface area contributed by atoms with Crippen molar-refractivity contribution in [2.45, 2.75) is 58.8 Å². The minimum absolute atomic E-state index is 0.0262. The Labute approximate surface area is 218 Å². The number of rotatable bonds is 5. The summed E-state index contributed by atoms with van der Waals surface area (Å²) in [5.41, 5.74) is 1.15. The summed E-state index contributed by atoms with van der Waals surface area (Å²) in [5.74, 6) is 1.36. The van der Waals surface area contributed by atoms with Gasteiger partial charge < -0.3 is 4.74 Å². The first kappa shape index (κ1) is 25.2. The fourth-order valence-corrected chi connectivity index (χ4v) is 5.08. The van der Waals surface area contributed by atoms with Crippen LogP contribution in [0, 0.1) is 5.41 Å². The molecule has 1 heterocycles. The fraction of sp³-hybridized carbons (Fsp3) is 0.423. The molecule has 4 rings (SSSR count). The van der Waals surface area contributed by atoms with E-state index in [4.69, 9.17) is 32.9 Å². The fourth-order valence-electron chi connectivity index (χ4n) is 4.11. The molecule has 1 aliphatic carbocycles. The molecule has 180 valence electrons. The van der Waals surface area contributed by atoms with E-state index < -0.39 is 0 Å². The third-order valence-electron chi connectivity index (χ3n) is 5.80. The van der Waals surface area contributed by atoms with E-state index in [0.29, 0.717) is 44.7 Å². The quantitative estimate of drug-likeness (QED) is 0.297. The normalized spacial score (nSPS) is 15.4. The maximum atomic E-state index is 13.4. The molecule has 0 saturated heterocycles. The molecule has 8 heteroatoms. The maximum Gasteiger partial charge on any atom is 0.282 e. The van der Waals surface area contributed by atoms with Crippen LogP contribution in [0.1, 0.15) is 70.2 Å². The van der Waals surface area contributed by atoms with Crippen molar-refractivity contribution in [3.63, 3.8) is 0 Å². The molecule has 1 fully saturated rings. The van der Waals surface area contributed by atoms with E-state index in [1.165, 1.54) is 11.1 Å². The van der Waals surface area contributed by atoms with Gasteiger partial charge in [-0.25, -0.2) is 4.98 Å². The zero-order valence-corrected chi connectivity index (χ0v) is 22.7. The Hall–Kier alpha value is -1.89. The van der Waals surface area contributed by atoms with Crippen LogP contribution in [0.15, 0.2) is 44.7 Å². The third kappa shape index (κ3) is 5.84. The van der Waals surface area contributed by atoms with Gasteiger partial charge in [-0.15, -0.1) is 0 Å². The molecule has 2 aromatic carbocycles. The van der Waals surface area contributed by atoms with E-state index in [2.05, 4.69) is 41.8 Å². The van der Waals surface area contributed by atoms with Gasteiger partial charge in [0.2, 0.25) is 0 Å². The largest absolute Gasteiger partial charge is 0.490 e. The Balaban J connectivity index is 1.74. The second-order valence-corrected chi connectivity index (χ2v) is 11.7. The van der Waals surface area contributed by atoms with Gasteiger partial charge in [0, 0.05) is 10.4 Å². The monoisotopic (exact) mass is 563 g/mol. The topological polar surface area (TPSA) is 56.5 Å². The molecule has 0 atom stereocenters. The van der Waals surface area contributed by atoms with Gasteiger partial charge in [-0.3, -0.25) is 4.79 Å². The predicted molar refractivity (Wildman–Crippen MR) is 144 cm³/mol. The molecule has 1 aromatic heterocycles. The second-order valence-electron chi connectivity index (χ2n) is 9.99. The second kappa shape index (κ2) is 10.4. The van der Waals surface area contributed by atoms with Crippen molar-refractivity contribution in [1.82, 2.24) is 9.66 Å². The lowest BCUT2D eigenvalue weighted by atomic mass is 9.88. The molecule has 1 saturated carbocycles. The zero-order valence-electron chi connectivity index (χ0n) is 19.6. The van der Waals surface area contributed by atoms with Crippen LogP contribution in [0.2, 0.25) is 10.0 Å². The van der Waals surface area contributed by atoms with Gasteiger partial charge in [0.1, 0.15) is 5.82 Å². The molecule has 0 unspecified atom stereocenters. The van der Waals surface area contributed by atoms with Gasteiger partial charge >= 0.3 is 0 Å². The SMILES string of the molecule is CC(C)(C)COc1c(Cl)cc(C=Nn2c(C3CCCCC3)nc3ccc(Br)cc3c2=O)cc1Cl. The molecule has 0 bridgehead atoms. The molecule has 0 N–H and O–H groups in total. The van der Waals surface area contributed by atoms with Crippen LogP contribution in [0.3, 0.4) is 0 Å². The van der Waals surface area contributed by atoms with Crippen molar-refractivity contribution in [1.29, 1.82) is 0 Å². The van der Waals surface area contributed by atoms with E-state index in [1.54, 1.807) is 24.4 Å². The minimum Gasteiger partial charge on any atom is -0.490 e. The van der Waals surface area contributed by atoms with Gasteiger partial charge in [-0.2, -0.15) is 9.78 Å². The molecule has 5 nitrogen and oxygen atoms in total. The number of nitrogens with zero attached hydrogens (tertiary/aromatic N) is 3. The van der Waals surface area contributed by atoms with Gasteiger partial charge in [0.25, 0.3) is 5.56 Å². The molecule has 0 radical (unpaired) electrons. The Bertz CT molecular complexity index is 1270. The molecule has 34 heavy (non-hydrogen) atoms. The standard InChI is InChI=1S/C26H28BrCl2N3O2/c1-26(2,3)15-34-23-20(28)11-16(12-21(23)29)14-30-32-24(17-7-5-4-6-8-17)31-22-10-9-18(27)13-19(22)25(32)33/h9-14,17H,4-8,15H2,1-3H3.